The average Bonchev–Trinajstić information content (AvgIpc) is 3.56. The minimum Gasteiger partial charge on any atom is -0.436 e. The summed E-state index contributed by atoms with van der Waals surface area (Å²) in [6, 6.07) is 59.3. The molecule has 0 fully saturated rings. The quantitative estimate of drug-likeness (QED) is 0.201. The summed E-state index contributed by atoms with van der Waals surface area (Å²) >= 11 is 0. The normalized spacial score (nSPS) is 11.2. The van der Waals surface area contributed by atoms with Gasteiger partial charge in [-0.25, -0.2) is 4.98 Å². The highest BCUT2D eigenvalue weighted by Crippen LogP contribution is 2.42. The van der Waals surface area contributed by atoms with Crippen molar-refractivity contribution in [2.24, 2.45) is 0 Å². The van der Waals surface area contributed by atoms with Gasteiger partial charge >= 0.3 is 0 Å². The Morgan fingerprint density at radius 2 is 1.00 bits per heavy atom. The van der Waals surface area contributed by atoms with E-state index in [0.717, 1.165) is 44.5 Å². The summed E-state index contributed by atoms with van der Waals surface area (Å²) in [5.74, 6) is 0.627. The van der Waals surface area contributed by atoms with Gasteiger partial charge in [-0.1, -0.05) is 115 Å². The molecule has 1 heterocycles. The van der Waals surface area contributed by atoms with Gasteiger partial charge < -0.3 is 9.32 Å². The molecule has 0 radical (unpaired) electrons. The maximum Gasteiger partial charge on any atom is 0.227 e. The molecule has 3 heteroatoms. The van der Waals surface area contributed by atoms with Crippen molar-refractivity contribution in [3.8, 4) is 33.7 Å². The Morgan fingerprint density at radius 3 is 1.70 bits per heavy atom. The zero-order chi connectivity index (χ0) is 29.3. The van der Waals surface area contributed by atoms with Gasteiger partial charge in [0.05, 0.1) is 5.69 Å². The highest BCUT2D eigenvalue weighted by molar-refractivity contribution is 6.10. The Bertz CT molecular complexity index is 2200. The zero-order valence-corrected chi connectivity index (χ0v) is 24.0. The monoisotopic (exact) mass is 564 g/mol. The van der Waals surface area contributed by atoms with Crippen molar-refractivity contribution in [3.63, 3.8) is 0 Å². The van der Waals surface area contributed by atoms with E-state index in [0.29, 0.717) is 5.89 Å². The van der Waals surface area contributed by atoms with Gasteiger partial charge in [0.1, 0.15) is 5.52 Å². The maximum atomic E-state index is 6.23. The van der Waals surface area contributed by atoms with Crippen LogP contribution in [0.25, 0.3) is 55.6 Å². The molecule has 0 spiro atoms. The second-order valence-corrected chi connectivity index (χ2v) is 10.8. The molecule has 8 rings (SSSR count). The lowest BCUT2D eigenvalue weighted by molar-refractivity contribution is 0.620. The van der Waals surface area contributed by atoms with Crippen LogP contribution in [0.3, 0.4) is 0 Å². The first-order valence-corrected chi connectivity index (χ1v) is 14.8. The fourth-order valence-corrected chi connectivity index (χ4v) is 5.95. The summed E-state index contributed by atoms with van der Waals surface area (Å²) < 4.78 is 6.23. The Morgan fingerprint density at radius 1 is 0.409 bits per heavy atom. The van der Waals surface area contributed by atoms with Gasteiger partial charge in [0.15, 0.2) is 5.58 Å². The molecule has 8 aromatic rings. The molecule has 1 aromatic heterocycles. The minimum absolute atomic E-state index is 0.627. The predicted molar refractivity (Wildman–Crippen MR) is 183 cm³/mol. The van der Waals surface area contributed by atoms with Crippen LogP contribution in [0.2, 0.25) is 0 Å². The molecule has 0 aliphatic heterocycles. The fourth-order valence-electron chi connectivity index (χ4n) is 5.95. The molecular weight excluding hydrogens is 536 g/mol. The average molecular weight is 565 g/mol. The van der Waals surface area contributed by atoms with E-state index < -0.39 is 0 Å². The van der Waals surface area contributed by atoms with Crippen molar-refractivity contribution in [1.29, 1.82) is 0 Å². The summed E-state index contributed by atoms with van der Waals surface area (Å²) in [6.45, 7) is 0. The highest BCUT2D eigenvalue weighted by atomic mass is 16.3. The van der Waals surface area contributed by atoms with E-state index in [1.54, 1.807) is 0 Å². The molecular formula is C41H28N2O. The molecule has 0 saturated carbocycles. The van der Waals surface area contributed by atoms with Gasteiger partial charge in [0.2, 0.25) is 5.89 Å². The first-order valence-electron chi connectivity index (χ1n) is 14.8. The van der Waals surface area contributed by atoms with Crippen LogP contribution in [0.4, 0.5) is 17.1 Å². The SMILES string of the molecule is c1ccc(-c2ccc(N(c3cccc(-c4ccccc4)c3)c3cccc4c3ccc3oc(-c5ccccc5)nc34)cc2)cc1. The minimum atomic E-state index is 0.627. The van der Waals surface area contributed by atoms with Crippen molar-refractivity contribution >= 4 is 38.9 Å². The molecule has 44 heavy (non-hydrogen) atoms. The lowest BCUT2D eigenvalue weighted by Gasteiger charge is -2.27. The number of hydrogen-bond donors (Lipinski definition) is 0. The van der Waals surface area contributed by atoms with Crippen LogP contribution in [0, 0.1) is 0 Å². The predicted octanol–water partition coefficient (Wildman–Crippen LogP) is 11.5. The topological polar surface area (TPSA) is 29.3 Å². The van der Waals surface area contributed by atoms with Crippen LogP contribution in [-0.2, 0) is 0 Å². The Hall–Kier alpha value is -5.93. The third kappa shape index (κ3) is 4.71. The first-order chi connectivity index (χ1) is 21.8. The van der Waals surface area contributed by atoms with E-state index in [1.807, 2.05) is 36.4 Å². The number of aromatic nitrogens is 1. The van der Waals surface area contributed by atoms with Gasteiger partial charge in [-0.2, -0.15) is 0 Å². The molecule has 0 bridgehead atoms. The van der Waals surface area contributed by atoms with Crippen LogP contribution < -0.4 is 4.90 Å². The number of anilines is 3. The molecule has 0 aliphatic carbocycles. The molecule has 0 atom stereocenters. The summed E-state index contributed by atoms with van der Waals surface area (Å²) in [7, 11) is 0. The maximum absolute atomic E-state index is 6.23. The lowest BCUT2D eigenvalue weighted by atomic mass is 10.0. The Balaban J connectivity index is 1.31. The number of benzene rings is 7. The third-order valence-electron chi connectivity index (χ3n) is 8.10. The number of oxazole rings is 1. The van der Waals surface area contributed by atoms with Crippen molar-refractivity contribution in [2.75, 3.05) is 4.90 Å². The standard InChI is InChI=1S/C41H28N2O/c1-4-12-29(13-5-1)31-22-24-34(25-23-31)43(35-19-10-18-33(28-35)30-14-6-2-7-15-30)38-21-11-20-37-36(38)26-27-39-40(37)42-41(44-39)32-16-8-3-9-17-32/h1-28H. The van der Waals surface area contributed by atoms with Gasteiger partial charge in [-0.05, 0) is 76.9 Å². The van der Waals surface area contributed by atoms with Crippen LogP contribution in [0.15, 0.2) is 174 Å². The van der Waals surface area contributed by atoms with Crippen LogP contribution in [0.1, 0.15) is 0 Å². The van der Waals surface area contributed by atoms with E-state index >= 15 is 0 Å². The molecule has 3 nitrogen and oxygen atoms in total. The Kier molecular flexibility index (Phi) is 6.47. The molecule has 0 amide bonds. The van der Waals surface area contributed by atoms with E-state index in [-0.39, 0.29) is 0 Å². The smallest absolute Gasteiger partial charge is 0.227 e. The highest BCUT2D eigenvalue weighted by Gasteiger charge is 2.19. The van der Waals surface area contributed by atoms with Crippen molar-refractivity contribution < 1.29 is 4.42 Å². The summed E-state index contributed by atoms with van der Waals surface area (Å²) in [5, 5.41) is 2.15. The lowest BCUT2D eigenvalue weighted by Crippen LogP contribution is -2.10. The van der Waals surface area contributed by atoms with E-state index in [9.17, 15) is 0 Å². The summed E-state index contributed by atoms with van der Waals surface area (Å²) in [5.41, 5.74) is 10.6. The molecule has 208 valence electrons. The van der Waals surface area contributed by atoms with Gasteiger partial charge in [0, 0.05) is 27.7 Å². The zero-order valence-electron chi connectivity index (χ0n) is 24.0. The number of rotatable bonds is 6. The summed E-state index contributed by atoms with van der Waals surface area (Å²) in [6.07, 6.45) is 0. The van der Waals surface area contributed by atoms with Crippen LogP contribution >= 0.6 is 0 Å². The molecule has 0 N–H and O–H groups in total. The second-order valence-electron chi connectivity index (χ2n) is 10.8. The Labute approximate surface area is 256 Å². The molecule has 0 aliphatic rings. The number of nitrogens with zero attached hydrogens (tertiary/aromatic N) is 2. The second kappa shape index (κ2) is 11.0. The van der Waals surface area contributed by atoms with E-state index in [4.69, 9.17) is 9.40 Å². The van der Waals surface area contributed by atoms with Gasteiger partial charge in [-0.3, -0.25) is 0 Å². The van der Waals surface area contributed by atoms with Crippen molar-refractivity contribution in [3.05, 3.63) is 170 Å². The largest absolute Gasteiger partial charge is 0.436 e. The molecule has 0 unspecified atom stereocenters. The van der Waals surface area contributed by atoms with Crippen LogP contribution in [-0.4, -0.2) is 4.98 Å². The van der Waals surface area contributed by atoms with Crippen molar-refractivity contribution in [1.82, 2.24) is 4.98 Å². The van der Waals surface area contributed by atoms with E-state index in [2.05, 4.69) is 138 Å². The van der Waals surface area contributed by atoms with E-state index in [1.165, 1.54) is 22.3 Å². The van der Waals surface area contributed by atoms with Gasteiger partial charge in [0.25, 0.3) is 0 Å². The van der Waals surface area contributed by atoms with Gasteiger partial charge in [-0.15, -0.1) is 0 Å². The molecule has 7 aromatic carbocycles. The summed E-state index contributed by atoms with van der Waals surface area (Å²) in [4.78, 5) is 7.31. The first kappa shape index (κ1) is 25.8. The van der Waals surface area contributed by atoms with Crippen molar-refractivity contribution in [2.45, 2.75) is 0 Å². The fraction of sp³-hybridized carbons (Fsp3) is 0. The number of hydrogen-bond acceptors (Lipinski definition) is 3. The number of fused-ring (bicyclic) bond motifs is 3. The third-order valence-corrected chi connectivity index (χ3v) is 8.10. The molecule has 0 saturated heterocycles. The van der Waals surface area contributed by atoms with Crippen LogP contribution in [0.5, 0.6) is 0 Å².